The van der Waals surface area contributed by atoms with Crippen molar-refractivity contribution in [3.8, 4) is 12.0 Å². The third-order valence-corrected chi connectivity index (χ3v) is 3.03. The zero-order chi connectivity index (χ0) is 14.9. The average Bonchev–Trinajstić information content (AvgIpc) is 3.02. The zero-order valence-corrected chi connectivity index (χ0v) is 12.8. The Kier molecular flexibility index (Phi) is 6.46. The van der Waals surface area contributed by atoms with E-state index >= 15 is 0 Å². The van der Waals surface area contributed by atoms with Crippen LogP contribution in [0.5, 0.6) is 12.0 Å². The molecule has 1 aromatic heterocycles. The first-order valence-electron chi connectivity index (χ1n) is 7.65. The maximum Gasteiger partial charge on any atom is 0.324 e. The first-order chi connectivity index (χ1) is 10.3. The van der Waals surface area contributed by atoms with Gasteiger partial charge in [-0.3, -0.25) is 0 Å². The molecule has 1 aliphatic rings. The fourth-order valence-corrected chi connectivity index (χ4v) is 1.88. The van der Waals surface area contributed by atoms with E-state index in [0.29, 0.717) is 37.1 Å². The third kappa shape index (κ3) is 5.34. The standard InChI is InChI=1S/C14H24N4O3/c1-3-6-15-12-16-13(20-7-4-2)18-14(17-12)21-10-11-5-8-19-9-11/h11H,3-10H2,1-2H3,(H,15,16,17,18). The van der Waals surface area contributed by atoms with Gasteiger partial charge in [-0.25, -0.2) is 0 Å². The summed E-state index contributed by atoms with van der Waals surface area (Å²) in [6, 6.07) is 0.615. The van der Waals surface area contributed by atoms with E-state index in [0.717, 1.165) is 39.0 Å². The van der Waals surface area contributed by atoms with Gasteiger partial charge < -0.3 is 19.5 Å². The maximum atomic E-state index is 5.67. The van der Waals surface area contributed by atoms with Crippen LogP contribution < -0.4 is 14.8 Å². The molecular weight excluding hydrogens is 272 g/mol. The highest BCUT2D eigenvalue weighted by atomic mass is 16.5. The van der Waals surface area contributed by atoms with E-state index in [-0.39, 0.29) is 0 Å². The fraction of sp³-hybridized carbons (Fsp3) is 0.786. The minimum atomic E-state index is 0.307. The Morgan fingerprint density at radius 2 is 1.95 bits per heavy atom. The van der Waals surface area contributed by atoms with Crippen molar-refractivity contribution in [3.63, 3.8) is 0 Å². The second-order valence-corrected chi connectivity index (χ2v) is 5.04. The van der Waals surface area contributed by atoms with Gasteiger partial charge in [-0.1, -0.05) is 13.8 Å². The highest BCUT2D eigenvalue weighted by Gasteiger charge is 2.17. The van der Waals surface area contributed by atoms with Crippen LogP contribution in [0.15, 0.2) is 0 Å². The molecule has 1 aliphatic heterocycles. The van der Waals surface area contributed by atoms with Crippen LogP contribution in [0.4, 0.5) is 5.95 Å². The van der Waals surface area contributed by atoms with Crippen LogP contribution in [0.25, 0.3) is 0 Å². The summed E-state index contributed by atoms with van der Waals surface area (Å²) in [5, 5.41) is 3.13. The van der Waals surface area contributed by atoms with E-state index in [1.54, 1.807) is 0 Å². The number of anilines is 1. The number of aromatic nitrogens is 3. The molecule has 0 spiro atoms. The summed E-state index contributed by atoms with van der Waals surface area (Å²) < 4.78 is 16.5. The molecule has 21 heavy (non-hydrogen) atoms. The molecule has 0 aliphatic carbocycles. The molecule has 0 radical (unpaired) electrons. The molecule has 118 valence electrons. The van der Waals surface area contributed by atoms with Crippen LogP contribution in [-0.2, 0) is 4.74 Å². The molecule has 0 aromatic carbocycles. The van der Waals surface area contributed by atoms with E-state index in [1.807, 2.05) is 6.92 Å². The average molecular weight is 296 g/mol. The normalized spacial score (nSPS) is 17.7. The first-order valence-corrected chi connectivity index (χ1v) is 7.65. The van der Waals surface area contributed by atoms with Crippen molar-refractivity contribution in [2.45, 2.75) is 33.1 Å². The second kappa shape index (κ2) is 8.61. The number of nitrogens with one attached hydrogen (secondary N) is 1. The largest absolute Gasteiger partial charge is 0.463 e. The van der Waals surface area contributed by atoms with E-state index in [2.05, 4.69) is 27.2 Å². The van der Waals surface area contributed by atoms with Gasteiger partial charge in [0.1, 0.15) is 0 Å². The molecular formula is C14H24N4O3. The summed E-state index contributed by atoms with van der Waals surface area (Å²) in [7, 11) is 0. The van der Waals surface area contributed by atoms with Crippen LogP contribution in [0, 0.1) is 5.92 Å². The van der Waals surface area contributed by atoms with Crippen molar-refractivity contribution < 1.29 is 14.2 Å². The first kappa shape index (κ1) is 15.8. The fourth-order valence-electron chi connectivity index (χ4n) is 1.88. The van der Waals surface area contributed by atoms with Crippen LogP contribution >= 0.6 is 0 Å². The third-order valence-electron chi connectivity index (χ3n) is 3.03. The number of hydrogen-bond acceptors (Lipinski definition) is 7. The van der Waals surface area contributed by atoms with Gasteiger partial charge in [0, 0.05) is 19.1 Å². The van der Waals surface area contributed by atoms with Crippen molar-refractivity contribution in [2.75, 3.05) is 38.3 Å². The Bertz CT molecular complexity index is 398. The Morgan fingerprint density at radius 3 is 2.62 bits per heavy atom. The monoisotopic (exact) mass is 296 g/mol. The number of nitrogens with zero attached hydrogens (tertiary/aromatic N) is 3. The number of hydrogen-bond donors (Lipinski definition) is 1. The Balaban J connectivity index is 1.98. The molecule has 0 bridgehead atoms. The molecule has 2 rings (SSSR count). The Morgan fingerprint density at radius 1 is 1.14 bits per heavy atom. The molecule has 1 unspecified atom stereocenters. The van der Waals surface area contributed by atoms with Crippen LogP contribution in [0.3, 0.4) is 0 Å². The van der Waals surface area contributed by atoms with Gasteiger partial charge >= 0.3 is 12.0 Å². The lowest BCUT2D eigenvalue weighted by atomic mass is 10.1. The highest BCUT2D eigenvalue weighted by Crippen LogP contribution is 2.17. The van der Waals surface area contributed by atoms with Gasteiger partial charge in [-0.2, -0.15) is 9.97 Å². The number of ether oxygens (including phenoxy) is 3. The van der Waals surface area contributed by atoms with Crippen LogP contribution in [0.1, 0.15) is 33.1 Å². The molecule has 7 nitrogen and oxygen atoms in total. The molecule has 1 atom stereocenters. The lowest BCUT2D eigenvalue weighted by molar-refractivity contribution is 0.162. The molecule has 0 amide bonds. The maximum absolute atomic E-state index is 5.67. The van der Waals surface area contributed by atoms with Crippen molar-refractivity contribution in [1.82, 2.24) is 15.0 Å². The molecule has 1 N–H and O–H groups in total. The Labute approximate surface area is 125 Å². The zero-order valence-electron chi connectivity index (χ0n) is 12.8. The van der Waals surface area contributed by atoms with Crippen molar-refractivity contribution in [1.29, 1.82) is 0 Å². The molecule has 0 saturated carbocycles. The van der Waals surface area contributed by atoms with Crippen molar-refractivity contribution in [3.05, 3.63) is 0 Å². The van der Waals surface area contributed by atoms with E-state index in [1.165, 1.54) is 0 Å². The van der Waals surface area contributed by atoms with Gasteiger partial charge in [-0.15, -0.1) is 4.98 Å². The smallest absolute Gasteiger partial charge is 0.324 e. The minimum absolute atomic E-state index is 0.307. The predicted molar refractivity (Wildman–Crippen MR) is 78.8 cm³/mol. The quantitative estimate of drug-likeness (QED) is 0.745. The van der Waals surface area contributed by atoms with Gasteiger partial charge in [0.15, 0.2) is 0 Å². The summed E-state index contributed by atoms with van der Waals surface area (Å²) in [5.41, 5.74) is 0. The molecule has 1 fully saturated rings. The predicted octanol–water partition coefficient (Wildman–Crippen LogP) is 1.90. The molecule has 1 saturated heterocycles. The van der Waals surface area contributed by atoms with Gasteiger partial charge in [0.2, 0.25) is 5.95 Å². The topological polar surface area (TPSA) is 78.4 Å². The minimum Gasteiger partial charge on any atom is -0.463 e. The van der Waals surface area contributed by atoms with Crippen LogP contribution in [0.2, 0.25) is 0 Å². The highest BCUT2D eigenvalue weighted by molar-refractivity contribution is 5.27. The van der Waals surface area contributed by atoms with Crippen molar-refractivity contribution >= 4 is 5.95 Å². The molecule has 2 heterocycles. The summed E-state index contributed by atoms with van der Waals surface area (Å²) in [6.07, 6.45) is 2.91. The lowest BCUT2D eigenvalue weighted by Crippen LogP contribution is -2.15. The lowest BCUT2D eigenvalue weighted by Gasteiger charge is -2.11. The van der Waals surface area contributed by atoms with E-state index < -0.39 is 0 Å². The summed E-state index contributed by atoms with van der Waals surface area (Å²) in [6.45, 7) is 7.60. The number of rotatable bonds is 9. The molecule has 7 heteroatoms. The van der Waals surface area contributed by atoms with E-state index in [4.69, 9.17) is 14.2 Å². The SMILES string of the molecule is CCCNc1nc(OCCC)nc(OCC2CCOC2)n1. The summed E-state index contributed by atoms with van der Waals surface area (Å²) >= 11 is 0. The van der Waals surface area contributed by atoms with Crippen LogP contribution in [-0.4, -0.2) is 47.9 Å². The molecule has 1 aromatic rings. The van der Waals surface area contributed by atoms with E-state index in [9.17, 15) is 0 Å². The van der Waals surface area contributed by atoms with Gasteiger partial charge in [0.05, 0.1) is 19.8 Å². The Hall–Kier alpha value is -1.63. The second-order valence-electron chi connectivity index (χ2n) is 5.04. The summed E-state index contributed by atoms with van der Waals surface area (Å²) in [4.78, 5) is 12.7. The van der Waals surface area contributed by atoms with Crippen molar-refractivity contribution in [2.24, 2.45) is 5.92 Å². The van der Waals surface area contributed by atoms with Gasteiger partial charge in [0.25, 0.3) is 0 Å². The summed E-state index contributed by atoms with van der Waals surface area (Å²) in [5.74, 6) is 0.907. The van der Waals surface area contributed by atoms with Gasteiger partial charge in [-0.05, 0) is 19.3 Å².